The van der Waals surface area contributed by atoms with Crippen molar-refractivity contribution in [2.75, 3.05) is 6.54 Å². The van der Waals surface area contributed by atoms with Crippen molar-refractivity contribution in [2.45, 2.75) is 78.6 Å². The Balaban J connectivity index is 1.73. The lowest BCUT2D eigenvalue weighted by Gasteiger charge is -2.35. The second-order valence-electron chi connectivity index (χ2n) is 10.2. The number of carbonyl (C=O) groups is 3. The first kappa shape index (κ1) is 26.8. The van der Waals surface area contributed by atoms with Crippen LogP contribution in [-0.2, 0) is 14.4 Å². The van der Waals surface area contributed by atoms with Gasteiger partial charge in [0.25, 0.3) is 0 Å². The minimum Gasteiger partial charge on any atom is -0.391 e. The molecule has 35 heavy (non-hydrogen) atoms. The Labute approximate surface area is 211 Å². The monoisotopic (exact) mass is 500 g/mol. The molecule has 3 N–H and O–H groups in total. The molecule has 3 amide bonds. The van der Waals surface area contributed by atoms with Gasteiger partial charge < -0.3 is 20.6 Å². The van der Waals surface area contributed by atoms with E-state index in [-0.39, 0.29) is 43.1 Å². The Morgan fingerprint density at radius 2 is 1.86 bits per heavy atom. The van der Waals surface area contributed by atoms with Crippen molar-refractivity contribution in [1.29, 1.82) is 0 Å². The maximum absolute atomic E-state index is 13.5. The zero-order valence-corrected chi connectivity index (χ0v) is 22.1. The van der Waals surface area contributed by atoms with E-state index < -0.39 is 23.6 Å². The van der Waals surface area contributed by atoms with Gasteiger partial charge in [0.05, 0.1) is 28.2 Å². The highest BCUT2D eigenvalue weighted by molar-refractivity contribution is 7.13. The van der Waals surface area contributed by atoms with E-state index in [0.717, 1.165) is 21.7 Å². The van der Waals surface area contributed by atoms with Gasteiger partial charge in [-0.2, -0.15) is 0 Å². The summed E-state index contributed by atoms with van der Waals surface area (Å²) in [7, 11) is 0. The zero-order valence-electron chi connectivity index (χ0n) is 21.3. The first-order valence-corrected chi connectivity index (χ1v) is 12.9. The minimum atomic E-state index is -0.803. The second kappa shape index (κ2) is 10.9. The van der Waals surface area contributed by atoms with Crippen molar-refractivity contribution in [3.05, 3.63) is 41.0 Å². The van der Waals surface area contributed by atoms with Crippen molar-refractivity contribution >= 4 is 29.1 Å². The molecule has 1 aliphatic heterocycles. The number of amides is 3. The van der Waals surface area contributed by atoms with Crippen LogP contribution in [0.1, 0.15) is 64.8 Å². The quantitative estimate of drug-likeness (QED) is 0.541. The SMILES string of the molecule is CCC(=O)NC(C(=O)N1CC(O)CC1C(=O)NC(C)c1ccc(-c2scnc2C)cc1)C(C)(C)C. The predicted molar refractivity (Wildman–Crippen MR) is 137 cm³/mol. The minimum absolute atomic E-state index is 0.0583. The average Bonchev–Trinajstić information content (AvgIpc) is 3.41. The summed E-state index contributed by atoms with van der Waals surface area (Å²) in [5, 5.41) is 16.1. The molecule has 2 aromatic rings. The molecule has 9 heteroatoms. The van der Waals surface area contributed by atoms with Gasteiger partial charge in [0.2, 0.25) is 17.7 Å². The largest absolute Gasteiger partial charge is 0.391 e. The van der Waals surface area contributed by atoms with Crippen molar-refractivity contribution in [3.63, 3.8) is 0 Å². The Hall–Kier alpha value is -2.78. The fraction of sp³-hybridized carbons (Fsp3) is 0.538. The smallest absolute Gasteiger partial charge is 0.246 e. The van der Waals surface area contributed by atoms with Crippen LogP contribution in [0.25, 0.3) is 10.4 Å². The number of carbonyl (C=O) groups excluding carboxylic acids is 3. The highest BCUT2D eigenvalue weighted by Gasteiger charge is 2.44. The molecule has 190 valence electrons. The molecular weight excluding hydrogens is 464 g/mol. The van der Waals surface area contributed by atoms with Crippen LogP contribution >= 0.6 is 11.3 Å². The number of aliphatic hydroxyl groups excluding tert-OH is 1. The van der Waals surface area contributed by atoms with E-state index in [1.54, 1.807) is 18.3 Å². The number of benzene rings is 1. The van der Waals surface area contributed by atoms with Gasteiger partial charge in [-0.1, -0.05) is 52.0 Å². The molecule has 0 bridgehead atoms. The lowest BCUT2D eigenvalue weighted by atomic mass is 9.85. The Morgan fingerprint density at radius 3 is 2.40 bits per heavy atom. The van der Waals surface area contributed by atoms with E-state index in [9.17, 15) is 19.5 Å². The summed E-state index contributed by atoms with van der Waals surface area (Å²) in [6.07, 6.45) is -0.382. The average molecular weight is 501 g/mol. The summed E-state index contributed by atoms with van der Waals surface area (Å²) in [6, 6.07) is 6.09. The first-order valence-electron chi connectivity index (χ1n) is 12.0. The number of aryl methyl sites for hydroxylation is 1. The van der Waals surface area contributed by atoms with Gasteiger partial charge in [0.1, 0.15) is 12.1 Å². The van der Waals surface area contributed by atoms with Crippen molar-refractivity contribution in [3.8, 4) is 10.4 Å². The van der Waals surface area contributed by atoms with Crippen LogP contribution < -0.4 is 10.6 Å². The number of thiazole rings is 1. The molecule has 0 radical (unpaired) electrons. The van der Waals surface area contributed by atoms with E-state index in [1.165, 1.54) is 4.90 Å². The van der Waals surface area contributed by atoms with Gasteiger partial charge >= 0.3 is 0 Å². The van der Waals surface area contributed by atoms with Gasteiger partial charge in [0, 0.05) is 19.4 Å². The summed E-state index contributed by atoms with van der Waals surface area (Å²) >= 11 is 1.59. The van der Waals surface area contributed by atoms with Gasteiger partial charge in [-0.15, -0.1) is 11.3 Å². The number of rotatable bonds is 7. The van der Waals surface area contributed by atoms with Crippen LogP contribution in [0.4, 0.5) is 0 Å². The summed E-state index contributed by atoms with van der Waals surface area (Å²) in [6.45, 7) is 11.3. The van der Waals surface area contributed by atoms with Crippen LogP contribution in [0.15, 0.2) is 29.8 Å². The predicted octanol–water partition coefficient (Wildman–Crippen LogP) is 3.20. The lowest BCUT2D eigenvalue weighted by Crippen LogP contribution is -2.57. The molecule has 2 heterocycles. The van der Waals surface area contributed by atoms with Gasteiger partial charge in [-0.25, -0.2) is 4.98 Å². The summed E-state index contributed by atoms with van der Waals surface area (Å²) in [5.74, 6) is -0.906. The molecule has 4 unspecified atom stereocenters. The van der Waals surface area contributed by atoms with Gasteiger partial charge in [0.15, 0.2) is 0 Å². The Morgan fingerprint density at radius 1 is 1.20 bits per heavy atom. The maximum atomic E-state index is 13.5. The third-order valence-corrected chi connectivity index (χ3v) is 7.36. The van der Waals surface area contributed by atoms with E-state index in [1.807, 2.05) is 64.4 Å². The fourth-order valence-electron chi connectivity index (χ4n) is 4.28. The maximum Gasteiger partial charge on any atom is 0.246 e. The normalized spacial score (nSPS) is 19.8. The molecule has 3 rings (SSSR count). The third-order valence-electron chi connectivity index (χ3n) is 6.38. The lowest BCUT2D eigenvalue weighted by molar-refractivity contribution is -0.144. The molecule has 1 aliphatic rings. The third kappa shape index (κ3) is 6.27. The molecule has 4 atom stereocenters. The second-order valence-corrected chi connectivity index (χ2v) is 11.1. The molecule has 0 aliphatic carbocycles. The number of aliphatic hydroxyl groups is 1. The highest BCUT2D eigenvalue weighted by atomic mass is 32.1. The molecule has 1 aromatic heterocycles. The van der Waals surface area contributed by atoms with E-state index in [0.29, 0.717) is 0 Å². The van der Waals surface area contributed by atoms with Gasteiger partial charge in [-0.3, -0.25) is 14.4 Å². The fourth-order valence-corrected chi connectivity index (χ4v) is 5.09. The number of hydrogen-bond acceptors (Lipinski definition) is 6. The van der Waals surface area contributed by atoms with Crippen LogP contribution in [0.5, 0.6) is 0 Å². The highest BCUT2D eigenvalue weighted by Crippen LogP contribution is 2.29. The first-order chi connectivity index (χ1) is 16.4. The summed E-state index contributed by atoms with van der Waals surface area (Å²) in [4.78, 5) is 45.6. The number of nitrogens with one attached hydrogen (secondary N) is 2. The van der Waals surface area contributed by atoms with Crippen LogP contribution in [0.3, 0.4) is 0 Å². The van der Waals surface area contributed by atoms with Crippen LogP contribution in [-0.4, -0.2) is 57.4 Å². The molecule has 1 saturated heterocycles. The molecule has 0 saturated carbocycles. The summed E-state index contributed by atoms with van der Waals surface area (Å²) in [5.41, 5.74) is 4.26. The standard InChI is InChI=1S/C26H36N4O4S/c1-7-21(32)29-23(26(4,5)6)25(34)30-13-19(31)12-20(30)24(33)28-15(2)17-8-10-18(11-9-17)22-16(3)27-14-35-22/h8-11,14-15,19-20,23,31H,7,12-13H2,1-6H3,(H,28,33)(H,29,32). The number of β-amino-alcohol motifs (C(OH)–C–C–N with tert-alkyl or cyclic N) is 1. The summed E-state index contributed by atoms with van der Waals surface area (Å²) < 4.78 is 0. The molecule has 8 nitrogen and oxygen atoms in total. The Bertz CT molecular complexity index is 1060. The van der Waals surface area contributed by atoms with E-state index >= 15 is 0 Å². The number of likely N-dealkylation sites (tertiary alicyclic amines) is 1. The number of nitrogens with zero attached hydrogens (tertiary/aromatic N) is 2. The molecule has 1 fully saturated rings. The topological polar surface area (TPSA) is 112 Å². The molecular formula is C26H36N4O4S. The zero-order chi connectivity index (χ0) is 25.9. The van der Waals surface area contributed by atoms with Crippen molar-refractivity contribution in [1.82, 2.24) is 20.5 Å². The number of hydrogen-bond donors (Lipinski definition) is 3. The Kier molecular flexibility index (Phi) is 8.33. The van der Waals surface area contributed by atoms with E-state index in [4.69, 9.17) is 0 Å². The van der Waals surface area contributed by atoms with Crippen molar-refractivity contribution in [2.24, 2.45) is 5.41 Å². The number of aromatic nitrogens is 1. The van der Waals surface area contributed by atoms with E-state index in [2.05, 4.69) is 15.6 Å². The van der Waals surface area contributed by atoms with Crippen LogP contribution in [0, 0.1) is 12.3 Å². The molecule has 0 spiro atoms. The van der Waals surface area contributed by atoms with Crippen LogP contribution in [0.2, 0.25) is 0 Å². The van der Waals surface area contributed by atoms with Gasteiger partial charge in [-0.05, 0) is 30.4 Å². The molecule has 1 aromatic carbocycles. The van der Waals surface area contributed by atoms with Crippen molar-refractivity contribution < 1.29 is 19.5 Å².